The van der Waals surface area contributed by atoms with E-state index in [1.807, 2.05) is 12.1 Å². The van der Waals surface area contributed by atoms with Crippen LogP contribution in [0, 0.1) is 0 Å². The van der Waals surface area contributed by atoms with Crippen molar-refractivity contribution in [2.24, 2.45) is 5.73 Å². The topological polar surface area (TPSA) is 41.3 Å². The van der Waals surface area contributed by atoms with Crippen molar-refractivity contribution in [2.75, 3.05) is 32.5 Å². The number of rotatable bonds is 6. The molecule has 5 heteroatoms. The quantitative estimate of drug-likeness (QED) is 0.616. The van der Waals surface area contributed by atoms with Gasteiger partial charge in [-0.1, -0.05) is 23.8 Å². The Morgan fingerprint density at radius 3 is 2.76 bits per heavy atom. The van der Waals surface area contributed by atoms with E-state index in [1.54, 1.807) is 6.07 Å². The molecule has 0 bridgehead atoms. The number of nitrogens with two attached hydrogens (primary N) is 1. The zero-order chi connectivity index (χ0) is 12.8. The van der Waals surface area contributed by atoms with E-state index in [2.05, 4.69) is 24.3 Å². The molecule has 3 N–H and O–H groups in total. The van der Waals surface area contributed by atoms with Crippen LogP contribution in [0.3, 0.4) is 0 Å². The number of benzene rings is 1. The molecule has 0 aliphatic heterocycles. The molecule has 0 aliphatic rings. The van der Waals surface area contributed by atoms with Gasteiger partial charge in [0.2, 0.25) is 0 Å². The minimum atomic E-state index is 0.364. The Morgan fingerprint density at radius 2 is 2.18 bits per heavy atom. The third-order valence-electron chi connectivity index (χ3n) is 2.34. The predicted molar refractivity (Wildman–Crippen MR) is 79.0 cm³/mol. The van der Waals surface area contributed by atoms with Crippen LogP contribution in [0.25, 0.3) is 0 Å². The van der Waals surface area contributed by atoms with E-state index in [0.29, 0.717) is 10.0 Å². The van der Waals surface area contributed by atoms with Crippen LogP contribution in [0.4, 0.5) is 5.69 Å². The van der Waals surface area contributed by atoms with E-state index in [9.17, 15) is 0 Å². The molecule has 0 heterocycles. The van der Waals surface area contributed by atoms with Gasteiger partial charge in [0.1, 0.15) is 4.99 Å². The summed E-state index contributed by atoms with van der Waals surface area (Å²) in [5.41, 5.74) is 7.41. The maximum Gasteiger partial charge on any atom is 0.106 e. The Hall–Kier alpha value is -0.840. The Morgan fingerprint density at radius 1 is 1.47 bits per heavy atom. The molecule has 17 heavy (non-hydrogen) atoms. The zero-order valence-corrected chi connectivity index (χ0v) is 11.7. The largest absolute Gasteiger partial charge is 0.389 e. The first kappa shape index (κ1) is 14.2. The number of anilines is 1. The summed E-state index contributed by atoms with van der Waals surface area (Å²) in [4.78, 5) is 2.51. The highest BCUT2D eigenvalue weighted by molar-refractivity contribution is 7.80. The van der Waals surface area contributed by atoms with Gasteiger partial charge in [-0.2, -0.15) is 0 Å². The van der Waals surface area contributed by atoms with Crippen molar-refractivity contribution in [3.05, 3.63) is 28.8 Å². The monoisotopic (exact) mass is 271 g/mol. The van der Waals surface area contributed by atoms with Gasteiger partial charge in [-0.3, -0.25) is 0 Å². The number of thiocarbonyl (C=S) groups is 1. The van der Waals surface area contributed by atoms with E-state index in [-0.39, 0.29) is 0 Å². The van der Waals surface area contributed by atoms with Gasteiger partial charge in [-0.25, -0.2) is 0 Å². The Bertz CT molecular complexity index is 393. The van der Waals surface area contributed by atoms with Crippen molar-refractivity contribution >= 4 is 34.5 Å². The molecule has 0 radical (unpaired) electrons. The van der Waals surface area contributed by atoms with Crippen molar-refractivity contribution in [3.63, 3.8) is 0 Å². The van der Waals surface area contributed by atoms with Crippen LogP contribution < -0.4 is 11.1 Å². The number of hydrogen-bond donors (Lipinski definition) is 2. The molecule has 0 saturated heterocycles. The van der Waals surface area contributed by atoms with Gasteiger partial charge in [0, 0.05) is 22.8 Å². The second-order valence-electron chi connectivity index (χ2n) is 4.14. The average Bonchev–Trinajstić information content (AvgIpc) is 2.25. The normalized spacial score (nSPS) is 10.6. The Balaban J connectivity index is 2.61. The highest BCUT2D eigenvalue weighted by Crippen LogP contribution is 2.20. The fraction of sp³-hybridized carbons (Fsp3) is 0.417. The summed E-state index contributed by atoms with van der Waals surface area (Å²) in [6.07, 6.45) is 1.06. The molecule has 0 spiro atoms. The lowest BCUT2D eigenvalue weighted by Gasteiger charge is -2.13. The molecule has 0 aliphatic carbocycles. The molecule has 1 aromatic rings. The number of halogens is 1. The van der Waals surface area contributed by atoms with Gasteiger partial charge in [0.25, 0.3) is 0 Å². The van der Waals surface area contributed by atoms with Gasteiger partial charge < -0.3 is 16.0 Å². The van der Waals surface area contributed by atoms with Crippen molar-refractivity contribution in [3.8, 4) is 0 Å². The van der Waals surface area contributed by atoms with Crippen molar-refractivity contribution in [1.29, 1.82) is 0 Å². The van der Waals surface area contributed by atoms with Crippen LogP contribution in [0.15, 0.2) is 18.2 Å². The first-order chi connectivity index (χ1) is 8.00. The predicted octanol–water partition coefficient (Wildman–Crippen LogP) is 2.34. The second-order valence-corrected chi connectivity index (χ2v) is 5.01. The highest BCUT2D eigenvalue weighted by atomic mass is 35.5. The minimum Gasteiger partial charge on any atom is -0.389 e. The fourth-order valence-corrected chi connectivity index (χ4v) is 1.83. The standard InChI is InChI=1S/C12H18ClN3S/c1-16(2)7-3-6-15-11-5-4-9(13)8-10(11)12(14)17/h4-5,8,15H,3,6-7H2,1-2H3,(H2,14,17). The molecule has 0 aromatic heterocycles. The lowest BCUT2D eigenvalue weighted by Crippen LogP contribution is -2.18. The van der Waals surface area contributed by atoms with Crippen LogP contribution in [0.1, 0.15) is 12.0 Å². The molecule has 0 fully saturated rings. The summed E-state index contributed by atoms with van der Waals surface area (Å²) in [5.74, 6) is 0. The summed E-state index contributed by atoms with van der Waals surface area (Å²) in [5, 5.41) is 3.97. The van der Waals surface area contributed by atoms with Crippen molar-refractivity contribution < 1.29 is 0 Å². The third kappa shape index (κ3) is 4.89. The molecule has 0 amide bonds. The number of nitrogens with one attached hydrogen (secondary N) is 1. The fourth-order valence-electron chi connectivity index (χ4n) is 1.49. The van der Waals surface area contributed by atoms with E-state index in [0.717, 1.165) is 30.8 Å². The number of nitrogens with zero attached hydrogens (tertiary/aromatic N) is 1. The van der Waals surface area contributed by atoms with Gasteiger partial charge >= 0.3 is 0 Å². The molecule has 94 valence electrons. The third-order valence-corrected chi connectivity index (χ3v) is 2.80. The molecule has 0 saturated carbocycles. The van der Waals surface area contributed by atoms with Gasteiger partial charge in [-0.05, 0) is 45.3 Å². The highest BCUT2D eigenvalue weighted by Gasteiger charge is 2.05. The molecule has 1 aromatic carbocycles. The van der Waals surface area contributed by atoms with Crippen LogP contribution in [0.5, 0.6) is 0 Å². The molecule has 3 nitrogen and oxygen atoms in total. The summed E-state index contributed by atoms with van der Waals surface area (Å²) in [6.45, 7) is 1.93. The van der Waals surface area contributed by atoms with Crippen LogP contribution in [-0.2, 0) is 0 Å². The van der Waals surface area contributed by atoms with Crippen molar-refractivity contribution in [1.82, 2.24) is 4.90 Å². The summed E-state index contributed by atoms with van der Waals surface area (Å²) in [6, 6.07) is 5.53. The SMILES string of the molecule is CN(C)CCCNc1ccc(Cl)cc1C(N)=S. The van der Waals surface area contributed by atoms with Crippen LogP contribution in [0.2, 0.25) is 5.02 Å². The van der Waals surface area contributed by atoms with Gasteiger partial charge in [0.05, 0.1) is 0 Å². The first-order valence-corrected chi connectivity index (χ1v) is 6.27. The number of hydrogen-bond acceptors (Lipinski definition) is 3. The maximum absolute atomic E-state index is 5.91. The van der Waals surface area contributed by atoms with E-state index >= 15 is 0 Å². The van der Waals surface area contributed by atoms with E-state index < -0.39 is 0 Å². The van der Waals surface area contributed by atoms with E-state index in [4.69, 9.17) is 29.6 Å². The first-order valence-electron chi connectivity index (χ1n) is 5.48. The zero-order valence-electron chi connectivity index (χ0n) is 10.2. The van der Waals surface area contributed by atoms with Gasteiger partial charge in [-0.15, -0.1) is 0 Å². The summed E-state index contributed by atoms with van der Waals surface area (Å²) in [7, 11) is 4.12. The molecule has 0 atom stereocenters. The summed E-state index contributed by atoms with van der Waals surface area (Å²) >= 11 is 10.9. The Labute approximate surface area is 113 Å². The summed E-state index contributed by atoms with van der Waals surface area (Å²) < 4.78 is 0. The average molecular weight is 272 g/mol. The maximum atomic E-state index is 5.91. The second kappa shape index (κ2) is 6.79. The Kier molecular flexibility index (Phi) is 5.68. The van der Waals surface area contributed by atoms with Gasteiger partial charge in [0.15, 0.2) is 0 Å². The smallest absolute Gasteiger partial charge is 0.106 e. The van der Waals surface area contributed by atoms with Crippen LogP contribution in [-0.4, -0.2) is 37.1 Å². The lowest BCUT2D eigenvalue weighted by atomic mass is 10.1. The molecule has 1 rings (SSSR count). The lowest BCUT2D eigenvalue weighted by molar-refractivity contribution is 0.405. The minimum absolute atomic E-state index is 0.364. The molecular weight excluding hydrogens is 254 g/mol. The van der Waals surface area contributed by atoms with Crippen molar-refractivity contribution in [2.45, 2.75) is 6.42 Å². The van der Waals surface area contributed by atoms with E-state index in [1.165, 1.54) is 0 Å². The molecular formula is C12H18ClN3S. The molecule has 0 unspecified atom stereocenters. The van der Waals surface area contributed by atoms with Crippen LogP contribution >= 0.6 is 23.8 Å².